The Kier molecular flexibility index (Phi) is 3.23. The van der Waals surface area contributed by atoms with Gasteiger partial charge in [0, 0.05) is 17.8 Å². The molecule has 78 valence electrons. The van der Waals surface area contributed by atoms with Crippen molar-refractivity contribution in [2.45, 2.75) is 25.7 Å². The second-order valence-corrected chi connectivity index (χ2v) is 5.04. The van der Waals surface area contributed by atoms with Gasteiger partial charge in [-0.25, -0.2) is 0 Å². The average Bonchev–Trinajstić information content (AvgIpc) is 2.87. The Morgan fingerprint density at radius 2 is 2.29 bits per heavy atom. The van der Waals surface area contributed by atoms with E-state index in [1.807, 2.05) is 0 Å². The van der Waals surface area contributed by atoms with E-state index in [-0.39, 0.29) is 0 Å². The SMILES string of the molecule is ClCC1(CNc2nncs2)CCCC1. The number of rotatable bonds is 4. The summed E-state index contributed by atoms with van der Waals surface area (Å²) in [5, 5.41) is 12.0. The number of nitrogens with zero attached hydrogens (tertiary/aromatic N) is 2. The molecule has 1 aliphatic carbocycles. The number of aromatic nitrogens is 2. The monoisotopic (exact) mass is 231 g/mol. The standard InChI is InChI=1S/C9H14ClN3S/c10-5-9(3-1-2-4-9)6-11-8-13-12-7-14-8/h7H,1-6H2,(H,11,13). The van der Waals surface area contributed by atoms with E-state index >= 15 is 0 Å². The Balaban J connectivity index is 1.89. The molecule has 5 heteroatoms. The largest absolute Gasteiger partial charge is 0.359 e. The first-order valence-corrected chi connectivity index (χ1v) is 6.32. The van der Waals surface area contributed by atoms with Crippen LogP contribution < -0.4 is 5.32 Å². The smallest absolute Gasteiger partial charge is 0.205 e. The lowest BCUT2D eigenvalue weighted by molar-refractivity contribution is 0.368. The first-order chi connectivity index (χ1) is 6.85. The fourth-order valence-electron chi connectivity index (χ4n) is 2.00. The third-order valence-corrected chi connectivity index (χ3v) is 4.14. The number of hydrogen-bond acceptors (Lipinski definition) is 4. The molecule has 1 saturated carbocycles. The third-order valence-electron chi connectivity index (χ3n) is 2.92. The average molecular weight is 232 g/mol. The van der Waals surface area contributed by atoms with Crippen molar-refractivity contribution in [1.82, 2.24) is 10.2 Å². The Bertz CT molecular complexity index is 270. The number of alkyl halides is 1. The molecule has 0 saturated heterocycles. The molecule has 1 heterocycles. The number of halogens is 1. The summed E-state index contributed by atoms with van der Waals surface area (Å²) in [5.41, 5.74) is 2.04. The van der Waals surface area contributed by atoms with Crippen molar-refractivity contribution >= 4 is 28.1 Å². The van der Waals surface area contributed by atoms with Crippen LogP contribution in [0.5, 0.6) is 0 Å². The van der Waals surface area contributed by atoms with E-state index in [0.717, 1.165) is 17.6 Å². The summed E-state index contributed by atoms with van der Waals surface area (Å²) in [7, 11) is 0. The van der Waals surface area contributed by atoms with Crippen LogP contribution in [-0.4, -0.2) is 22.6 Å². The van der Waals surface area contributed by atoms with Crippen LogP contribution in [0.1, 0.15) is 25.7 Å². The molecular formula is C9H14ClN3S. The van der Waals surface area contributed by atoms with Crippen molar-refractivity contribution in [2.75, 3.05) is 17.7 Å². The fourth-order valence-corrected chi connectivity index (χ4v) is 2.80. The molecule has 1 fully saturated rings. The fraction of sp³-hybridized carbons (Fsp3) is 0.778. The van der Waals surface area contributed by atoms with Gasteiger partial charge in [-0.15, -0.1) is 21.8 Å². The predicted octanol–water partition coefficient (Wildman–Crippen LogP) is 2.75. The van der Waals surface area contributed by atoms with Crippen LogP contribution >= 0.6 is 22.9 Å². The van der Waals surface area contributed by atoms with Crippen molar-refractivity contribution in [3.8, 4) is 0 Å². The van der Waals surface area contributed by atoms with Gasteiger partial charge < -0.3 is 5.32 Å². The highest BCUT2D eigenvalue weighted by atomic mass is 35.5. The molecule has 1 aromatic rings. The highest BCUT2D eigenvalue weighted by Gasteiger charge is 2.32. The van der Waals surface area contributed by atoms with E-state index in [4.69, 9.17) is 11.6 Å². The molecule has 1 aliphatic rings. The predicted molar refractivity (Wildman–Crippen MR) is 60.0 cm³/mol. The third kappa shape index (κ3) is 2.17. The summed E-state index contributed by atoms with van der Waals surface area (Å²) in [6.07, 6.45) is 5.10. The van der Waals surface area contributed by atoms with Crippen molar-refractivity contribution < 1.29 is 0 Å². The summed E-state index contributed by atoms with van der Waals surface area (Å²) in [4.78, 5) is 0. The zero-order valence-corrected chi connectivity index (χ0v) is 9.57. The van der Waals surface area contributed by atoms with Crippen LogP contribution in [0.15, 0.2) is 5.51 Å². The zero-order valence-electron chi connectivity index (χ0n) is 8.00. The van der Waals surface area contributed by atoms with Crippen molar-refractivity contribution in [3.63, 3.8) is 0 Å². The molecule has 3 nitrogen and oxygen atoms in total. The van der Waals surface area contributed by atoms with E-state index in [9.17, 15) is 0 Å². The van der Waals surface area contributed by atoms with E-state index < -0.39 is 0 Å². The van der Waals surface area contributed by atoms with E-state index in [2.05, 4.69) is 15.5 Å². The Morgan fingerprint density at radius 3 is 2.86 bits per heavy atom. The molecule has 14 heavy (non-hydrogen) atoms. The molecule has 1 aromatic heterocycles. The molecule has 0 aliphatic heterocycles. The van der Waals surface area contributed by atoms with Gasteiger partial charge in [0.25, 0.3) is 0 Å². The second-order valence-electron chi connectivity index (χ2n) is 3.94. The van der Waals surface area contributed by atoms with Gasteiger partial charge in [0.15, 0.2) is 0 Å². The second kappa shape index (κ2) is 4.45. The molecule has 1 N–H and O–H groups in total. The van der Waals surface area contributed by atoms with Crippen LogP contribution in [0.2, 0.25) is 0 Å². The summed E-state index contributed by atoms with van der Waals surface area (Å²) in [6, 6.07) is 0. The maximum Gasteiger partial charge on any atom is 0.205 e. The molecule has 0 spiro atoms. The van der Waals surface area contributed by atoms with Crippen molar-refractivity contribution in [1.29, 1.82) is 0 Å². The molecular weight excluding hydrogens is 218 g/mol. The molecule has 0 aromatic carbocycles. The van der Waals surface area contributed by atoms with Gasteiger partial charge in [-0.05, 0) is 12.8 Å². The minimum atomic E-state index is 0.299. The van der Waals surface area contributed by atoms with E-state index in [1.54, 1.807) is 5.51 Å². The van der Waals surface area contributed by atoms with E-state index in [1.165, 1.54) is 37.0 Å². The summed E-state index contributed by atoms with van der Waals surface area (Å²) in [5.74, 6) is 0.749. The van der Waals surface area contributed by atoms with Gasteiger partial charge in [0.1, 0.15) is 5.51 Å². The van der Waals surface area contributed by atoms with Crippen LogP contribution in [0.4, 0.5) is 5.13 Å². The normalized spacial score (nSPS) is 19.8. The Labute approximate surface area is 92.9 Å². The number of hydrogen-bond donors (Lipinski definition) is 1. The van der Waals surface area contributed by atoms with Crippen molar-refractivity contribution in [3.05, 3.63) is 5.51 Å². The lowest BCUT2D eigenvalue weighted by atomic mass is 9.89. The minimum absolute atomic E-state index is 0.299. The van der Waals surface area contributed by atoms with Crippen molar-refractivity contribution in [2.24, 2.45) is 5.41 Å². The topological polar surface area (TPSA) is 37.8 Å². The maximum absolute atomic E-state index is 6.03. The molecule has 0 radical (unpaired) electrons. The maximum atomic E-state index is 6.03. The van der Waals surface area contributed by atoms with Gasteiger partial charge >= 0.3 is 0 Å². The van der Waals surface area contributed by atoms with E-state index in [0.29, 0.717) is 5.41 Å². The minimum Gasteiger partial charge on any atom is -0.359 e. The lowest BCUT2D eigenvalue weighted by Crippen LogP contribution is -2.28. The summed E-state index contributed by atoms with van der Waals surface area (Å²) in [6.45, 7) is 0.936. The first kappa shape index (κ1) is 10.2. The Morgan fingerprint density at radius 1 is 1.50 bits per heavy atom. The molecule has 0 unspecified atom stereocenters. The molecule has 0 bridgehead atoms. The van der Waals surface area contributed by atoms with Crippen LogP contribution in [-0.2, 0) is 0 Å². The van der Waals surface area contributed by atoms with Gasteiger partial charge in [0.05, 0.1) is 0 Å². The molecule has 0 amide bonds. The van der Waals surface area contributed by atoms with Crippen LogP contribution in [0.25, 0.3) is 0 Å². The molecule has 2 rings (SSSR count). The highest BCUT2D eigenvalue weighted by molar-refractivity contribution is 7.13. The highest BCUT2D eigenvalue weighted by Crippen LogP contribution is 2.39. The lowest BCUT2D eigenvalue weighted by Gasteiger charge is -2.25. The Hall–Kier alpha value is -0.350. The first-order valence-electron chi connectivity index (χ1n) is 4.91. The van der Waals surface area contributed by atoms with Crippen LogP contribution in [0.3, 0.4) is 0 Å². The quantitative estimate of drug-likeness (QED) is 0.810. The molecule has 0 atom stereocenters. The number of nitrogens with one attached hydrogen (secondary N) is 1. The van der Waals surface area contributed by atoms with Gasteiger partial charge in [0.2, 0.25) is 5.13 Å². The van der Waals surface area contributed by atoms with Gasteiger partial charge in [-0.3, -0.25) is 0 Å². The van der Waals surface area contributed by atoms with Crippen LogP contribution in [0, 0.1) is 5.41 Å². The van der Waals surface area contributed by atoms with Gasteiger partial charge in [-0.2, -0.15) is 0 Å². The summed E-state index contributed by atoms with van der Waals surface area (Å²) >= 11 is 7.57. The number of anilines is 1. The summed E-state index contributed by atoms with van der Waals surface area (Å²) < 4.78 is 0. The van der Waals surface area contributed by atoms with Gasteiger partial charge in [-0.1, -0.05) is 24.2 Å². The zero-order chi connectivity index (χ0) is 9.86.